The van der Waals surface area contributed by atoms with Crippen LogP contribution in [0.4, 0.5) is 0 Å². The normalized spacial score (nSPS) is 21.5. The predicted molar refractivity (Wildman–Crippen MR) is 62.2 cm³/mol. The molecular weight excluding hydrogens is 206 g/mol. The molecule has 0 aromatic heterocycles. The molecule has 0 bridgehead atoms. The van der Waals surface area contributed by atoms with Crippen LogP contribution in [0, 0.1) is 0 Å². The summed E-state index contributed by atoms with van der Waals surface area (Å²) in [6.07, 6.45) is 4.55. The largest absolute Gasteiger partial charge is 0.466 e. The Hall–Kier alpha value is -0.870. The number of likely N-dealkylation sites (N-methyl/N-ethyl adjacent to an activating group) is 1. The van der Waals surface area contributed by atoms with Crippen molar-refractivity contribution >= 4 is 5.97 Å². The van der Waals surface area contributed by atoms with Crippen molar-refractivity contribution in [2.45, 2.75) is 25.9 Å². The van der Waals surface area contributed by atoms with Gasteiger partial charge in [-0.1, -0.05) is 6.08 Å². The third-order valence-corrected chi connectivity index (χ3v) is 2.76. The SMILES string of the molecule is COC(=O)C(C)=CCN(C)CC1CCCO1. The first-order chi connectivity index (χ1) is 7.63. The molecule has 0 saturated carbocycles. The van der Waals surface area contributed by atoms with Crippen LogP contribution in [0.25, 0.3) is 0 Å². The molecule has 0 amide bonds. The van der Waals surface area contributed by atoms with Gasteiger partial charge in [0.25, 0.3) is 0 Å². The van der Waals surface area contributed by atoms with Gasteiger partial charge in [0.2, 0.25) is 0 Å². The molecule has 1 fully saturated rings. The van der Waals surface area contributed by atoms with E-state index >= 15 is 0 Å². The molecule has 1 heterocycles. The Morgan fingerprint density at radius 2 is 2.38 bits per heavy atom. The summed E-state index contributed by atoms with van der Waals surface area (Å²) in [5, 5.41) is 0. The number of carbonyl (C=O) groups excluding carboxylic acids is 1. The second kappa shape index (κ2) is 6.66. The monoisotopic (exact) mass is 227 g/mol. The minimum absolute atomic E-state index is 0.259. The van der Waals surface area contributed by atoms with E-state index in [4.69, 9.17) is 4.74 Å². The average molecular weight is 227 g/mol. The Bertz CT molecular complexity index is 257. The molecule has 1 saturated heterocycles. The molecule has 4 nitrogen and oxygen atoms in total. The molecule has 0 N–H and O–H groups in total. The second-order valence-electron chi connectivity index (χ2n) is 4.23. The van der Waals surface area contributed by atoms with Crippen molar-refractivity contribution in [1.82, 2.24) is 4.90 Å². The Morgan fingerprint density at radius 1 is 1.62 bits per heavy atom. The van der Waals surface area contributed by atoms with Crippen molar-refractivity contribution < 1.29 is 14.3 Å². The zero-order valence-electron chi connectivity index (χ0n) is 10.4. The van der Waals surface area contributed by atoms with E-state index in [0.29, 0.717) is 11.7 Å². The molecule has 1 unspecified atom stereocenters. The zero-order valence-corrected chi connectivity index (χ0v) is 10.4. The Morgan fingerprint density at radius 3 is 2.94 bits per heavy atom. The third-order valence-electron chi connectivity index (χ3n) is 2.76. The van der Waals surface area contributed by atoms with Crippen LogP contribution in [-0.2, 0) is 14.3 Å². The van der Waals surface area contributed by atoms with Gasteiger partial charge in [0, 0.05) is 25.3 Å². The van der Waals surface area contributed by atoms with Gasteiger partial charge in [-0.2, -0.15) is 0 Å². The summed E-state index contributed by atoms with van der Waals surface area (Å²) in [6.45, 7) is 4.33. The summed E-state index contributed by atoms with van der Waals surface area (Å²) in [7, 11) is 3.43. The van der Waals surface area contributed by atoms with Crippen LogP contribution in [0.2, 0.25) is 0 Å². The van der Waals surface area contributed by atoms with Crippen LogP contribution in [-0.4, -0.2) is 50.8 Å². The van der Waals surface area contributed by atoms with Gasteiger partial charge in [0.05, 0.1) is 13.2 Å². The number of carbonyl (C=O) groups is 1. The van der Waals surface area contributed by atoms with E-state index in [1.807, 2.05) is 13.1 Å². The van der Waals surface area contributed by atoms with Gasteiger partial charge in [-0.25, -0.2) is 4.79 Å². The van der Waals surface area contributed by atoms with Crippen molar-refractivity contribution in [3.63, 3.8) is 0 Å². The molecule has 0 aliphatic carbocycles. The third kappa shape index (κ3) is 4.33. The van der Waals surface area contributed by atoms with Gasteiger partial charge >= 0.3 is 5.97 Å². The van der Waals surface area contributed by atoms with Gasteiger partial charge in [-0.05, 0) is 26.8 Å². The van der Waals surface area contributed by atoms with Crippen LogP contribution in [0.1, 0.15) is 19.8 Å². The van der Waals surface area contributed by atoms with Gasteiger partial charge in [0.15, 0.2) is 0 Å². The summed E-state index contributed by atoms with van der Waals surface area (Å²) in [5.41, 5.74) is 0.654. The van der Waals surface area contributed by atoms with Gasteiger partial charge in [-0.3, -0.25) is 0 Å². The second-order valence-corrected chi connectivity index (χ2v) is 4.23. The molecule has 1 atom stereocenters. The van der Waals surface area contributed by atoms with E-state index in [1.54, 1.807) is 6.92 Å². The standard InChI is InChI=1S/C12H21NO3/c1-10(12(14)15-3)6-7-13(2)9-11-5-4-8-16-11/h6,11H,4-5,7-9H2,1-3H3. The Balaban J connectivity index is 2.27. The summed E-state index contributed by atoms with van der Waals surface area (Å²) in [5.74, 6) is -0.259. The minimum atomic E-state index is -0.259. The maximum Gasteiger partial charge on any atom is 0.333 e. The number of hydrogen-bond donors (Lipinski definition) is 0. The summed E-state index contributed by atoms with van der Waals surface area (Å²) < 4.78 is 10.2. The van der Waals surface area contributed by atoms with E-state index < -0.39 is 0 Å². The highest BCUT2D eigenvalue weighted by Crippen LogP contribution is 2.12. The highest BCUT2D eigenvalue weighted by atomic mass is 16.5. The molecule has 0 radical (unpaired) electrons. The van der Waals surface area contributed by atoms with Crippen LogP contribution >= 0.6 is 0 Å². The first kappa shape index (κ1) is 13.2. The summed E-state index contributed by atoms with van der Waals surface area (Å²) >= 11 is 0. The average Bonchev–Trinajstić information content (AvgIpc) is 2.77. The van der Waals surface area contributed by atoms with E-state index in [2.05, 4.69) is 9.64 Å². The smallest absolute Gasteiger partial charge is 0.333 e. The van der Waals surface area contributed by atoms with Crippen LogP contribution < -0.4 is 0 Å². The molecule has 16 heavy (non-hydrogen) atoms. The number of methoxy groups -OCH3 is 1. The first-order valence-electron chi connectivity index (χ1n) is 5.68. The predicted octanol–water partition coefficient (Wildman–Crippen LogP) is 1.22. The maximum absolute atomic E-state index is 11.1. The molecule has 0 aromatic carbocycles. The summed E-state index contributed by atoms with van der Waals surface area (Å²) in [6, 6.07) is 0. The van der Waals surface area contributed by atoms with Crippen LogP contribution in [0.3, 0.4) is 0 Å². The van der Waals surface area contributed by atoms with Crippen molar-refractivity contribution in [3.05, 3.63) is 11.6 Å². The number of ether oxygens (including phenoxy) is 2. The fraction of sp³-hybridized carbons (Fsp3) is 0.750. The van der Waals surface area contributed by atoms with Gasteiger partial charge in [0.1, 0.15) is 0 Å². The lowest BCUT2D eigenvalue weighted by Gasteiger charge is -2.18. The first-order valence-corrected chi connectivity index (χ1v) is 5.68. The molecule has 92 valence electrons. The topological polar surface area (TPSA) is 38.8 Å². The molecule has 4 heteroatoms. The van der Waals surface area contributed by atoms with E-state index in [9.17, 15) is 4.79 Å². The van der Waals surface area contributed by atoms with Crippen molar-refractivity contribution in [1.29, 1.82) is 0 Å². The molecule has 1 aliphatic rings. The lowest BCUT2D eigenvalue weighted by Crippen LogP contribution is -2.29. The van der Waals surface area contributed by atoms with Crippen molar-refractivity contribution in [2.75, 3.05) is 33.9 Å². The minimum Gasteiger partial charge on any atom is -0.466 e. The zero-order chi connectivity index (χ0) is 12.0. The Kier molecular flexibility index (Phi) is 5.49. The lowest BCUT2D eigenvalue weighted by atomic mass is 10.2. The molecular formula is C12H21NO3. The number of esters is 1. The highest BCUT2D eigenvalue weighted by Gasteiger charge is 2.16. The van der Waals surface area contributed by atoms with E-state index in [1.165, 1.54) is 7.11 Å². The molecule has 0 spiro atoms. The van der Waals surface area contributed by atoms with Crippen molar-refractivity contribution in [3.8, 4) is 0 Å². The number of rotatable bonds is 5. The molecule has 1 rings (SSSR count). The number of nitrogens with zero attached hydrogens (tertiary/aromatic N) is 1. The lowest BCUT2D eigenvalue weighted by molar-refractivity contribution is -0.136. The van der Waals surface area contributed by atoms with E-state index in [-0.39, 0.29) is 5.97 Å². The number of hydrogen-bond acceptors (Lipinski definition) is 4. The molecule has 1 aliphatic heterocycles. The van der Waals surface area contributed by atoms with Crippen LogP contribution in [0.5, 0.6) is 0 Å². The van der Waals surface area contributed by atoms with Crippen molar-refractivity contribution in [2.24, 2.45) is 0 Å². The van der Waals surface area contributed by atoms with Crippen LogP contribution in [0.15, 0.2) is 11.6 Å². The fourth-order valence-electron chi connectivity index (χ4n) is 1.75. The Labute approximate surface area is 97.2 Å². The maximum atomic E-state index is 11.1. The van der Waals surface area contributed by atoms with Gasteiger partial charge in [-0.15, -0.1) is 0 Å². The quantitative estimate of drug-likeness (QED) is 0.523. The van der Waals surface area contributed by atoms with Gasteiger partial charge < -0.3 is 14.4 Å². The summed E-state index contributed by atoms with van der Waals surface area (Å²) in [4.78, 5) is 13.3. The molecule has 0 aromatic rings. The fourth-order valence-corrected chi connectivity index (χ4v) is 1.75. The van der Waals surface area contributed by atoms with E-state index in [0.717, 1.165) is 32.5 Å². The highest BCUT2D eigenvalue weighted by molar-refractivity contribution is 5.87.